The summed E-state index contributed by atoms with van der Waals surface area (Å²) in [5.74, 6) is -1.56. The van der Waals surface area contributed by atoms with Crippen LogP contribution in [0.15, 0.2) is 133 Å². The third-order valence-electron chi connectivity index (χ3n) is 12.8. The van der Waals surface area contributed by atoms with Gasteiger partial charge in [-0.1, -0.05) is 73.5 Å². The van der Waals surface area contributed by atoms with Crippen LogP contribution in [0.2, 0.25) is 0 Å². The van der Waals surface area contributed by atoms with Gasteiger partial charge in [-0.3, -0.25) is 25.0 Å². The number of nitro groups is 2. The Bertz CT molecular complexity index is 2460. The van der Waals surface area contributed by atoms with Crippen LogP contribution >= 0.6 is 0 Å². The Balaban J connectivity index is 1.42. The van der Waals surface area contributed by atoms with Gasteiger partial charge in [0.2, 0.25) is 11.7 Å². The van der Waals surface area contributed by atoms with Gasteiger partial charge in [-0.2, -0.15) is 0 Å². The number of amides is 1. The highest BCUT2D eigenvalue weighted by Gasteiger charge is 2.65. The number of nitrogens with zero attached hydrogens (tertiary/aromatic N) is 4. The molecular weight excluding hydrogens is 857 g/mol. The molecule has 1 saturated carbocycles. The minimum Gasteiger partial charge on any atom is -0.459 e. The van der Waals surface area contributed by atoms with Crippen molar-refractivity contribution in [3.05, 3.63) is 164 Å². The van der Waals surface area contributed by atoms with Crippen molar-refractivity contribution in [2.24, 2.45) is 22.9 Å². The second-order valence-electron chi connectivity index (χ2n) is 17.1. The average molecular weight is 915 g/mol. The molecule has 0 unspecified atom stereocenters. The second kappa shape index (κ2) is 22.7. The molecule has 67 heavy (non-hydrogen) atoms. The van der Waals surface area contributed by atoms with Crippen LogP contribution in [-0.4, -0.2) is 74.8 Å². The lowest BCUT2D eigenvalue weighted by atomic mass is 9.55. The van der Waals surface area contributed by atoms with E-state index >= 15 is 0 Å². The van der Waals surface area contributed by atoms with Crippen molar-refractivity contribution in [3.8, 4) is 17.2 Å². The van der Waals surface area contributed by atoms with Crippen LogP contribution in [0.3, 0.4) is 0 Å². The molecule has 0 radical (unpaired) electrons. The van der Waals surface area contributed by atoms with Crippen LogP contribution < -0.4 is 9.47 Å². The lowest BCUT2D eigenvalue weighted by molar-refractivity contribution is -0.385. The molecule has 1 fully saturated rings. The summed E-state index contributed by atoms with van der Waals surface area (Å²) in [6.45, 7) is 6.68. The van der Waals surface area contributed by atoms with Gasteiger partial charge in [-0.15, -0.1) is 6.58 Å². The number of carbonyl (C=O) groups is 1. The van der Waals surface area contributed by atoms with Crippen LogP contribution in [-0.2, 0) is 21.0 Å². The number of hydrogen-bond acceptors (Lipinski definition) is 12. The highest BCUT2D eigenvalue weighted by molar-refractivity contribution is 6.03. The van der Waals surface area contributed by atoms with E-state index in [2.05, 4.69) is 12.7 Å². The van der Waals surface area contributed by atoms with Crippen molar-refractivity contribution >= 4 is 29.1 Å². The minimum atomic E-state index is -1.50. The number of benzene rings is 4. The number of aliphatic hydroxyl groups excluding tert-OH is 2. The first-order chi connectivity index (χ1) is 32.6. The molecule has 352 valence electrons. The Labute approximate surface area is 390 Å². The van der Waals surface area contributed by atoms with E-state index in [4.69, 9.17) is 24.2 Å². The molecule has 3 aliphatic rings. The number of unbranched alkanes of at least 4 members (excludes halogenated alkanes) is 2. The quantitative estimate of drug-likeness (QED) is 0.0236. The maximum absolute atomic E-state index is 14.8. The Hall–Kier alpha value is -6.68. The molecule has 1 heterocycles. The van der Waals surface area contributed by atoms with Gasteiger partial charge in [-0.05, 0) is 103 Å². The van der Waals surface area contributed by atoms with Crippen LogP contribution in [0, 0.1) is 38.0 Å². The van der Waals surface area contributed by atoms with Gasteiger partial charge in [0, 0.05) is 61.9 Å². The minimum absolute atomic E-state index is 0.0141. The normalized spacial score (nSPS) is 22.2. The van der Waals surface area contributed by atoms with Crippen LogP contribution in [0.1, 0.15) is 80.9 Å². The van der Waals surface area contributed by atoms with Gasteiger partial charge in [0.15, 0.2) is 0 Å². The van der Waals surface area contributed by atoms with Crippen molar-refractivity contribution in [1.29, 1.82) is 0 Å². The predicted octanol–water partition coefficient (Wildman–Crippen LogP) is 10.1. The summed E-state index contributed by atoms with van der Waals surface area (Å²) in [6.07, 6.45) is 12.0. The molecule has 0 spiro atoms. The number of ether oxygens (including phenoxy) is 3. The SMILES string of the molecule is C=CCO[C@@]12Oc3ccc(Oc4cccc([N+](=O)[O-])c4)cc3[C@H]3[C@H](CCCCO)[C@@H](CCCCO)C=C(C(=NOCc4ccccc4)C[C@@H]1N(CCC)C(=O)C=Cc1ccc([N+](=O)[O-])cc1)[C@H]32. The summed E-state index contributed by atoms with van der Waals surface area (Å²) in [5.41, 5.74) is 3.70. The van der Waals surface area contributed by atoms with Crippen LogP contribution in [0.25, 0.3) is 6.08 Å². The van der Waals surface area contributed by atoms with Crippen LogP contribution in [0.5, 0.6) is 17.2 Å². The first-order valence-corrected chi connectivity index (χ1v) is 23.0. The van der Waals surface area contributed by atoms with Crippen molar-refractivity contribution in [3.63, 3.8) is 0 Å². The highest BCUT2D eigenvalue weighted by Crippen LogP contribution is 2.62. The first-order valence-electron chi connectivity index (χ1n) is 23.0. The molecule has 2 N–H and O–H groups in total. The Morgan fingerprint density at radius 2 is 1.64 bits per heavy atom. The van der Waals surface area contributed by atoms with Gasteiger partial charge < -0.3 is 34.2 Å². The molecule has 4 aromatic carbocycles. The second-order valence-corrected chi connectivity index (χ2v) is 17.1. The maximum atomic E-state index is 14.8. The molecular formula is C52H58N4O11. The first kappa shape index (κ1) is 48.3. The zero-order chi connectivity index (χ0) is 47.3. The zero-order valence-electron chi connectivity index (χ0n) is 37.7. The summed E-state index contributed by atoms with van der Waals surface area (Å²) in [7, 11) is 0. The highest BCUT2D eigenvalue weighted by atomic mass is 16.7. The summed E-state index contributed by atoms with van der Waals surface area (Å²) in [4.78, 5) is 44.9. The van der Waals surface area contributed by atoms with Crippen molar-refractivity contribution in [2.75, 3.05) is 26.4 Å². The molecule has 7 rings (SSSR count). The lowest BCUT2D eigenvalue weighted by Gasteiger charge is -2.60. The number of nitro benzene ring substituents is 2. The van der Waals surface area contributed by atoms with E-state index in [9.17, 15) is 35.2 Å². The zero-order valence-corrected chi connectivity index (χ0v) is 37.7. The topological polar surface area (TPSA) is 196 Å². The molecule has 15 heteroatoms. The third kappa shape index (κ3) is 11.1. The van der Waals surface area contributed by atoms with Gasteiger partial charge >= 0.3 is 0 Å². The maximum Gasteiger partial charge on any atom is 0.273 e. The van der Waals surface area contributed by atoms with Crippen molar-refractivity contribution in [1.82, 2.24) is 4.90 Å². The van der Waals surface area contributed by atoms with Gasteiger partial charge in [0.05, 0.1) is 34.1 Å². The number of carbonyl (C=O) groups excluding carboxylic acids is 1. The lowest BCUT2D eigenvalue weighted by Crippen LogP contribution is -2.70. The number of allylic oxidation sites excluding steroid dienone is 1. The van der Waals surface area contributed by atoms with E-state index in [1.165, 1.54) is 30.3 Å². The smallest absolute Gasteiger partial charge is 0.273 e. The van der Waals surface area contributed by atoms with Gasteiger partial charge in [-0.25, -0.2) is 0 Å². The predicted molar refractivity (Wildman–Crippen MR) is 253 cm³/mol. The molecule has 0 bridgehead atoms. The fourth-order valence-corrected chi connectivity index (χ4v) is 9.90. The summed E-state index contributed by atoms with van der Waals surface area (Å²) < 4.78 is 20.7. The van der Waals surface area contributed by atoms with E-state index in [0.29, 0.717) is 54.3 Å². The summed E-state index contributed by atoms with van der Waals surface area (Å²) in [5, 5.41) is 47.9. The number of non-ortho nitro benzene ring substituents is 2. The number of hydrogen-bond donors (Lipinski definition) is 2. The Kier molecular flexibility index (Phi) is 16.3. The Morgan fingerprint density at radius 3 is 2.34 bits per heavy atom. The van der Waals surface area contributed by atoms with Gasteiger partial charge in [0.1, 0.15) is 29.9 Å². The monoisotopic (exact) mass is 914 g/mol. The molecule has 0 aromatic heterocycles. The number of aliphatic hydroxyl groups is 2. The Morgan fingerprint density at radius 1 is 0.910 bits per heavy atom. The fraction of sp³-hybridized carbons (Fsp3) is 0.385. The molecule has 6 atom stereocenters. The van der Waals surface area contributed by atoms with E-state index in [1.54, 1.807) is 47.4 Å². The molecule has 4 aromatic rings. The van der Waals surface area contributed by atoms with Crippen molar-refractivity contribution < 1.29 is 43.9 Å². The van der Waals surface area contributed by atoms with E-state index in [-0.39, 0.29) is 67.9 Å². The third-order valence-corrected chi connectivity index (χ3v) is 12.8. The molecule has 0 saturated heterocycles. The van der Waals surface area contributed by atoms with Crippen molar-refractivity contribution in [2.45, 2.75) is 82.6 Å². The number of rotatable bonds is 23. The molecule has 15 nitrogen and oxygen atoms in total. The summed E-state index contributed by atoms with van der Waals surface area (Å²) >= 11 is 0. The fourth-order valence-electron chi connectivity index (χ4n) is 9.90. The number of oxime groups is 1. The summed E-state index contributed by atoms with van der Waals surface area (Å²) in [6, 6.07) is 26.4. The molecule has 1 aliphatic heterocycles. The molecule has 2 aliphatic carbocycles. The van der Waals surface area contributed by atoms with Crippen LogP contribution in [0.4, 0.5) is 11.4 Å². The van der Waals surface area contributed by atoms with E-state index < -0.39 is 27.6 Å². The van der Waals surface area contributed by atoms with E-state index in [1.807, 2.05) is 49.4 Å². The largest absolute Gasteiger partial charge is 0.459 e. The van der Waals surface area contributed by atoms with E-state index in [0.717, 1.165) is 42.4 Å². The van der Waals surface area contributed by atoms with Gasteiger partial charge in [0.25, 0.3) is 11.4 Å². The number of fused-ring (bicyclic) bond motifs is 2. The average Bonchev–Trinajstić information content (AvgIpc) is 3.33. The molecule has 1 amide bonds. The standard InChI is InChI=1S/C52H58N4O11/c1-3-27-54(49(59)26-21-36-19-22-39(23-20-36)55(60)61)48-34-46(53-65-35-37-13-6-5-7-14-37)44-31-38(15-8-10-28-57)43(18-9-11-29-58)50-45-33-42(66-41-17-12-16-40(32-41)56(62)63)24-25-47(45)67-52(48,51(44)50)64-30-4-2/h4-7,12-14,16-17,19-26,31-33,38,43,48,50-51,57-58H,2-3,8-11,15,18,27-30,34-35H2,1H3/t38-,43+,48-,50+,51+,52+/m0/s1.